The molecule has 1 aromatic heterocycles. The van der Waals surface area contributed by atoms with Gasteiger partial charge in [-0.15, -0.1) is 0 Å². The highest BCUT2D eigenvalue weighted by Gasteiger charge is 2.24. The van der Waals surface area contributed by atoms with Crippen molar-refractivity contribution in [1.82, 2.24) is 9.97 Å². The third-order valence-electron chi connectivity index (χ3n) is 2.75. The molecule has 0 radical (unpaired) electrons. The maximum absolute atomic E-state index is 11.3. The molecule has 6 nitrogen and oxygen atoms in total. The lowest BCUT2D eigenvalue weighted by atomic mass is 10.1. The first-order valence-electron chi connectivity index (χ1n) is 5.43. The highest BCUT2D eigenvalue weighted by Crippen LogP contribution is 2.21. The third kappa shape index (κ3) is 3.06. The summed E-state index contributed by atoms with van der Waals surface area (Å²) in [7, 11) is -1.30. The van der Waals surface area contributed by atoms with Crippen molar-refractivity contribution in [2.75, 3.05) is 23.9 Å². The fraction of sp³-hybridized carbons (Fsp3) is 0.600. The molecular formula is C10H15N3O3S. The van der Waals surface area contributed by atoms with Crippen LogP contribution in [0.4, 0.5) is 5.82 Å². The van der Waals surface area contributed by atoms with E-state index in [-0.39, 0.29) is 17.5 Å². The zero-order chi connectivity index (χ0) is 12.3. The molecule has 1 aliphatic rings. The van der Waals surface area contributed by atoms with Crippen molar-refractivity contribution in [3.05, 3.63) is 12.4 Å². The number of methoxy groups -OCH3 is 1. The first kappa shape index (κ1) is 12.1. The monoisotopic (exact) mass is 257 g/mol. The maximum atomic E-state index is 11.3. The van der Waals surface area contributed by atoms with E-state index in [0.29, 0.717) is 24.5 Å². The molecule has 0 amide bonds. The largest absolute Gasteiger partial charge is 0.478 e. The number of hydrogen-bond acceptors (Lipinski definition) is 6. The van der Waals surface area contributed by atoms with Gasteiger partial charge < -0.3 is 10.1 Å². The van der Waals surface area contributed by atoms with Gasteiger partial charge in [0.25, 0.3) is 5.88 Å². The molecule has 2 heterocycles. The van der Waals surface area contributed by atoms with Gasteiger partial charge in [-0.2, -0.15) is 0 Å². The summed E-state index contributed by atoms with van der Waals surface area (Å²) in [6.45, 7) is 0. The average Bonchev–Trinajstić information content (AvgIpc) is 2.32. The Morgan fingerprint density at radius 3 is 2.59 bits per heavy atom. The van der Waals surface area contributed by atoms with Gasteiger partial charge in [-0.25, -0.2) is 18.4 Å². The van der Waals surface area contributed by atoms with Gasteiger partial charge in [0.2, 0.25) is 0 Å². The smallest absolute Gasteiger partial charge is 0.257 e. The first-order chi connectivity index (χ1) is 8.11. The van der Waals surface area contributed by atoms with Crippen LogP contribution in [-0.2, 0) is 9.84 Å². The topological polar surface area (TPSA) is 81.2 Å². The molecule has 1 aliphatic heterocycles. The van der Waals surface area contributed by atoms with Gasteiger partial charge >= 0.3 is 0 Å². The second-order valence-corrected chi connectivity index (χ2v) is 6.29. The summed E-state index contributed by atoms with van der Waals surface area (Å²) in [6.07, 6.45) is 4.32. The summed E-state index contributed by atoms with van der Waals surface area (Å²) < 4.78 is 27.7. The lowest BCUT2D eigenvalue weighted by molar-refractivity contribution is 0.397. The quantitative estimate of drug-likeness (QED) is 0.848. The molecule has 17 heavy (non-hydrogen) atoms. The Morgan fingerprint density at radius 1 is 1.29 bits per heavy atom. The molecule has 1 saturated heterocycles. The van der Waals surface area contributed by atoms with E-state index in [1.54, 1.807) is 12.4 Å². The molecule has 0 spiro atoms. The van der Waals surface area contributed by atoms with Crippen LogP contribution in [0.15, 0.2) is 12.4 Å². The number of hydrogen-bond donors (Lipinski definition) is 1. The van der Waals surface area contributed by atoms with Crippen LogP contribution >= 0.6 is 0 Å². The molecule has 0 atom stereocenters. The lowest BCUT2D eigenvalue weighted by Gasteiger charge is -2.23. The van der Waals surface area contributed by atoms with E-state index in [9.17, 15) is 8.42 Å². The lowest BCUT2D eigenvalue weighted by Crippen LogP contribution is -2.32. The fourth-order valence-electron chi connectivity index (χ4n) is 1.80. The number of ether oxygens (including phenoxy) is 1. The van der Waals surface area contributed by atoms with E-state index in [4.69, 9.17) is 4.74 Å². The molecule has 2 rings (SSSR count). The minimum Gasteiger partial charge on any atom is -0.478 e. The van der Waals surface area contributed by atoms with Crippen molar-refractivity contribution in [3.63, 3.8) is 0 Å². The SMILES string of the molecule is COc1nccnc1NC1CCS(=O)(=O)CC1. The number of nitrogens with zero attached hydrogens (tertiary/aromatic N) is 2. The molecule has 0 unspecified atom stereocenters. The predicted octanol–water partition coefficient (Wildman–Crippen LogP) is 0.474. The Labute approximate surface area is 100 Å². The van der Waals surface area contributed by atoms with Gasteiger partial charge in [-0.1, -0.05) is 0 Å². The summed E-state index contributed by atoms with van der Waals surface area (Å²) in [6, 6.07) is 0.115. The minimum absolute atomic E-state index is 0.115. The van der Waals surface area contributed by atoms with Crippen LogP contribution in [0.25, 0.3) is 0 Å². The molecule has 1 aromatic rings. The standard InChI is InChI=1S/C10H15N3O3S/c1-16-10-9(11-4-5-12-10)13-8-2-6-17(14,15)7-3-8/h4-5,8H,2-3,6-7H2,1H3,(H,11,13). The Bertz CT molecular complexity index is 475. The third-order valence-corrected chi connectivity index (χ3v) is 4.47. The Balaban J connectivity index is 2.02. The number of aromatic nitrogens is 2. The van der Waals surface area contributed by atoms with E-state index < -0.39 is 9.84 Å². The van der Waals surface area contributed by atoms with Crippen molar-refractivity contribution in [1.29, 1.82) is 0 Å². The summed E-state index contributed by atoms with van der Waals surface area (Å²) in [5.41, 5.74) is 0. The summed E-state index contributed by atoms with van der Waals surface area (Å²) in [5, 5.41) is 3.18. The van der Waals surface area contributed by atoms with Gasteiger partial charge in [0.1, 0.15) is 9.84 Å². The molecule has 1 fully saturated rings. The molecule has 0 bridgehead atoms. The van der Waals surface area contributed by atoms with Gasteiger partial charge in [-0.05, 0) is 12.8 Å². The van der Waals surface area contributed by atoms with E-state index in [0.717, 1.165) is 0 Å². The second-order valence-electron chi connectivity index (χ2n) is 3.98. The van der Waals surface area contributed by atoms with Crippen LogP contribution in [0, 0.1) is 0 Å². The van der Waals surface area contributed by atoms with E-state index in [2.05, 4.69) is 15.3 Å². The summed E-state index contributed by atoms with van der Waals surface area (Å²) >= 11 is 0. The van der Waals surface area contributed by atoms with E-state index >= 15 is 0 Å². The van der Waals surface area contributed by atoms with Crippen LogP contribution in [0.2, 0.25) is 0 Å². The minimum atomic E-state index is -2.83. The van der Waals surface area contributed by atoms with Crippen molar-refractivity contribution in [2.24, 2.45) is 0 Å². The highest BCUT2D eigenvalue weighted by atomic mass is 32.2. The van der Waals surface area contributed by atoms with E-state index in [1.165, 1.54) is 7.11 Å². The number of nitrogens with one attached hydrogen (secondary N) is 1. The van der Waals surface area contributed by atoms with Crippen molar-refractivity contribution in [3.8, 4) is 5.88 Å². The first-order valence-corrected chi connectivity index (χ1v) is 7.25. The Morgan fingerprint density at radius 2 is 1.94 bits per heavy atom. The molecular weight excluding hydrogens is 242 g/mol. The van der Waals surface area contributed by atoms with E-state index in [1.807, 2.05) is 0 Å². The predicted molar refractivity (Wildman–Crippen MR) is 63.9 cm³/mol. The van der Waals surface area contributed by atoms with Crippen LogP contribution in [-0.4, -0.2) is 43.0 Å². The molecule has 0 aliphatic carbocycles. The van der Waals surface area contributed by atoms with Crippen LogP contribution in [0.3, 0.4) is 0 Å². The van der Waals surface area contributed by atoms with Crippen molar-refractivity contribution >= 4 is 15.7 Å². The molecule has 0 aromatic carbocycles. The van der Waals surface area contributed by atoms with Crippen LogP contribution < -0.4 is 10.1 Å². The number of anilines is 1. The normalized spacial score (nSPS) is 19.8. The summed E-state index contributed by atoms with van der Waals surface area (Å²) in [4.78, 5) is 8.16. The second kappa shape index (κ2) is 4.87. The molecule has 0 saturated carbocycles. The van der Waals surface area contributed by atoms with Gasteiger partial charge in [0.05, 0.1) is 18.6 Å². The molecule has 7 heteroatoms. The molecule has 1 N–H and O–H groups in total. The zero-order valence-electron chi connectivity index (χ0n) is 9.59. The summed E-state index contributed by atoms with van der Waals surface area (Å²) in [5.74, 6) is 1.46. The average molecular weight is 257 g/mol. The number of sulfone groups is 1. The fourth-order valence-corrected chi connectivity index (χ4v) is 3.29. The van der Waals surface area contributed by atoms with Crippen molar-refractivity contribution < 1.29 is 13.2 Å². The highest BCUT2D eigenvalue weighted by molar-refractivity contribution is 7.91. The zero-order valence-corrected chi connectivity index (χ0v) is 10.4. The van der Waals surface area contributed by atoms with Gasteiger partial charge in [0, 0.05) is 18.4 Å². The Kier molecular flexibility index (Phi) is 3.46. The Hall–Kier alpha value is -1.37. The van der Waals surface area contributed by atoms with Crippen molar-refractivity contribution in [2.45, 2.75) is 18.9 Å². The maximum Gasteiger partial charge on any atom is 0.257 e. The van der Waals surface area contributed by atoms with Gasteiger partial charge in [-0.3, -0.25) is 0 Å². The van der Waals surface area contributed by atoms with Crippen LogP contribution in [0.5, 0.6) is 5.88 Å². The van der Waals surface area contributed by atoms with Crippen LogP contribution in [0.1, 0.15) is 12.8 Å². The molecule has 94 valence electrons. The number of rotatable bonds is 3. The van der Waals surface area contributed by atoms with Gasteiger partial charge in [0.15, 0.2) is 5.82 Å².